The van der Waals surface area contributed by atoms with Gasteiger partial charge in [-0.2, -0.15) is 0 Å². The van der Waals surface area contributed by atoms with Crippen LogP contribution in [0.2, 0.25) is 0 Å². The number of likely N-dealkylation sites (N-methyl/N-ethyl adjacent to an activating group) is 1. The number of allylic oxidation sites excluding steroid dienone is 2. The van der Waals surface area contributed by atoms with E-state index in [0.717, 1.165) is 58.2 Å². The molecule has 4 saturated heterocycles. The number of fused-ring (bicyclic) bond motifs is 12. The normalized spacial score (nSPS) is 37.0. The lowest BCUT2D eigenvalue weighted by Crippen LogP contribution is -2.76. The summed E-state index contributed by atoms with van der Waals surface area (Å²) in [5.74, 6) is 1.51. The Kier molecular flexibility index (Phi) is 6.41. The summed E-state index contributed by atoms with van der Waals surface area (Å²) in [5, 5.41) is 1.43. The molecule has 250 valence electrons. The number of benzene rings is 2. The Morgan fingerprint density at radius 1 is 1.08 bits per heavy atom. The number of nitrogens with zero attached hydrogens (tertiary/aromatic N) is 4. The second-order valence-corrected chi connectivity index (χ2v) is 15.8. The molecule has 7 aliphatic heterocycles. The molecular formula is C41H48N4O3. The van der Waals surface area contributed by atoms with Crippen molar-refractivity contribution in [3.63, 3.8) is 0 Å². The maximum atomic E-state index is 13.9. The molecule has 0 spiro atoms. The van der Waals surface area contributed by atoms with Crippen LogP contribution >= 0.6 is 0 Å². The number of esters is 1. The standard InChI is InChI=1S/C41H48N4O3/c1-5-24-21-44-17-15-32-27-11-7-9-13-34(27)45-39(40(46)47-4)29(24)20-37(44)41(32,45)16-14-25-22-48-23-31-28(25)18-36-38-30(19-35(31)42(36)2)26-10-6-8-12-33(26)43(38)3/h5-13,22,28-29,31-32,35-37,39H,14-21,23H2,1-4H3/b24-5-/t28-,29-,31+,32+,35-,36-,37-,39?,41-/m0/s1. The highest BCUT2D eigenvalue weighted by Gasteiger charge is 2.67. The van der Waals surface area contributed by atoms with E-state index in [0.29, 0.717) is 35.9 Å². The zero-order valence-electron chi connectivity index (χ0n) is 28.8. The highest BCUT2D eigenvalue weighted by Crippen LogP contribution is 2.63. The Balaban J connectivity index is 1.03. The predicted molar refractivity (Wildman–Crippen MR) is 188 cm³/mol. The van der Waals surface area contributed by atoms with Gasteiger partial charge in [-0.15, -0.1) is 0 Å². The van der Waals surface area contributed by atoms with Crippen LogP contribution in [0.5, 0.6) is 0 Å². The fourth-order valence-electron chi connectivity index (χ4n) is 12.5. The Morgan fingerprint density at radius 2 is 1.92 bits per heavy atom. The first-order chi connectivity index (χ1) is 23.5. The number of anilines is 1. The van der Waals surface area contributed by atoms with E-state index in [1.165, 1.54) is 39.0 Å². The number of carbonyl (C=O) groups excluding carboxylic acids is 1. The molecule has 7 heteroatoms. The number of hydrogen-bond donors (Lipinski definition) is 0. The quantitative estimate of drug-likeness (QED) is 0.244. The van der Waals surface area contributed by atoms with E-state index in [2.05, 4.69) is 101 Å². The minimum atomic E-state index is -0.291. The van der Waals surface area contributed by atoms with E-state index in [4.69, 9.17) is 9.47 Å². The van der Waals surface area contributed by atoms with Crippen LogP contribution in [-0.2, 0) is 27.7 Å². The molecular weight excluding hydrogens is 596 g/mol. The largest absolute Gasteiger partial charge is 0.501 e. The van der Waals surface area contributed by atoms with Gasteiger partial charge >= 0.3 is 5.97 Å². The van der Waals surface area contributed by atoms with Gasteiger partial charge in [0, 0.05) is 65.7 Å². The maximum Gasteiger partial charge on any atom is 0.329 e. The van der Waals surface area contributed by atoms with Gasteiger partial charge < -0.3 is 18.9 Å². The molecule has 0 aliphatic carbocycles. The van der Waals surface area contributed by atoms with Crippen molar-refractivity contribution >= 4 is 22.6 Å². The molecule has 48 heavy (non-hydrogen) atoms. The lowest BCUT2D eigenvalue weighted by Gasteiger charge is -2.65. The third-order valence-corrected chi connectivity index (χ3v) is 14.5. The highest BCUT2D eigenvalue weighted by atomic mass is 16.5. The van der Waals surface area contributed by atoms with Gasteiger partial charge in [0.2, 0.25) is 0 Å². The predicted octanol–water partition coefficient (Wildman–Crippen LogP) is 6.34. The number of methoxy groups -OCH3 is 1. The van der Waals surface area contributed by atoms with E-state index in [9.17, 15) is 4.79 Å². The zero-order valence-corrected chi connectivity index (χ0v) is 28.8. The monoisotopic (exact) mass is 644 g/mol. The Hall–Kier alpha value is -3.55. The van der Waals surface area contributed by atoms with Gasteiger partial charge in [0.25, 0.3) is 0 Å². The molecule has 10 rings (SSSR count). The molecule has 3 aromatic rings. The van der Waals surface area contributed by atoms with Crippen LogP contribution in [0.4, 0.5) is 5.69 Å². The van der Waals surface area contributed by atoms with Crippen LogP contribution in [0.25, 0.3) is 10.9 Å². The zero-order chi connectivity index (χ0) is 32.5. The third kappa shape index (κ3) is 3.65. The van der Waals surface area contributed by atoms with E-state index < -0.39 is 0 Å². The van der Waals surface area contributed by atoms with Crippen molar-refractivity contribution in [2.24, 2.45) is 24.8 Å². The number of hydrogen-bond acceptors (Lipinski definition) is 6. The van der Waals surface area contributed by atoms with Gasteiger partial charge in [-0.1, -0.05) is 48.0 Å². The average molecular weight is 645 g/mol. The summed E-state index contributed by atoms with van der Waals surface area (Å²) in [6.07, 6.45) is 10.9. The van der Waals surface area contributed by atoms with Crippen molar-refractivity contribution in [3.8, 4) is 0 Å². The van der Waals surface area contributed by atoms with Crippen molar-refractivity contribution in [2.75, 3.05) is 38.8 Å². The summed E-state index contributed by atoms with van der Waals surface area (Å²) in [6, 6.07) is 19.0. The molecule has 7 aliphatic rings. The molecule has 8 heterocycles. The summed E-state index contributed by atoms with van der Waals surface area (Å²) >= 11 is 0. The van der Waals surface area contributed by atoms with Crippen molar-refractivity contribution in [2.45, 2.75) is 81.1 Å². The SMILES string of the molecule is C/C=C1/CN2CC[C@@H]3c4ccccc4N4C(C(=O)OC)[C@H]1C[C@H]2[C@]34CCC1=COC[C@@H]2[C@H]1C[C@H]1c3c(c4ccccc4n3C)C[C@@H]2N1C. The first-order valence-electron chi connectivity index (χ1n) is 18.4. The lowest BCUT2D eigenvalue weighted by molar-refractivity contribution is -0.147. The molecule has 0 amide bonds. The van der Waals surface area contributed by atoms with E-state index >= 15 is 0 Å². The third-order valence-electron chi connectivity index (χ3n) is 14.5. The lowest BCUT2D eigenvalue weighted by atomic mass is 9.59. The second kappa shape index (κ2) is 10.5. The maximum absolute atomic E-state index is 13.9. The van der Waals surface area contributed by atoms with Gasteiger partial charge in [-0.3, -0.25) is 9.80 Å². The smallest absolute Gasteiger partial charge is 0.329 e. The molecule has 1 unspecified atom stereocenters. The molecule has 0 saturated carbocycles. The average Bonchev–Trinajstić information content (AvgIpc) is 3.56. The summed E-state index contributed by atoms with van der Waals surface area (Å²) in [7, 11) is 6.21. The number of carbonyl (C=O) groups is 1. The number of aryl methyl sites for hydroxylation is 1. The van der Waals surface area contributed by atoms with Gasteiger partial charge in [0.1, 0.15) is 6.04 Å². The minimum Gasteiger partial charge on any atom is -0.501 e. The van der Waals surface area contributed by atoms with Crippen molar-refractivity contribution in [3.05, 3.63) is 88.8 Å². The van der Waals surface area contributed by atoms with Crippen molar-refractivity contribution in [1.29, 1.82) is 0 Å². The fraction of sp³-hybridized carbons (Fsp3) is 0.537. The van der Waals surface area contributed by atoms with Crippen LogP contribution < -0.4 is 4.90 Å². The molecule has 9 atom stereocenters. The molecule has 7 nitrogen and oxygen atoms in total. The molecule has 1 aromatic heterocycles. The van der Waals surface area contributed by atoms with Crippen LogP contribution in [0.3, 0.4) is 0 Å². The van der Waals surface area contributed by atoms with Crippen molar-refractivity contribution < 1.29 is 14.3 Å². The second-order valence-electron chi connectivity index (χ2n) is 15.8. The number of para-hydroxylation sites is 2. The summed E-state index contributed by atoms with van der Waals surface area (Å²) in [5.41, 5.74) is 9.87. The Bertz CT molecular complexity index is 1890. The summed E-state index contributed by atoms with van der Waals surface area (Å²) in [4.78, 5) is 22.0. The fourth-order valence-corrected chi connectivity index (χ4v) is 12.5. The molecule has 0 N–H and O–H groups in total. The van der Waals surface area contributed by atoms with E-state index in [1.807, 2.05) is 0 Å². The first kappa shape index (κ1) is 29.4. The molecule has 2 aromatic carbocycles. The number of rotatable bonds is 4. The molecule has 4 bridgehead atoms. The first-order valence-corrected chi connectivity index (χ1v) is 18.4. The van der Waals surface area contributed by atoms with E-state index in [1.54, 1.807) is 12.7 Å². The van der Waals surface area contributed by atoms with Gasteiger partial charge in [-0.25, -0.2) is 4.79 Å². The number of aromatic nitrogens is 1. The van der Waals surface area contributed by atoms with Gasteiger partial charge in [0.15, 0.2) is 0 Å². The van der Waals surface area contributed by atoms with Gasteiger partial charge in [0.05, 0.1) is 31.6 Å². The molecule has 4 fully saturated rings. The van der Waals surface area contributed by atoms with E-state index in [-0.39, 0.29) is 23.5 Å². The van der Waals surface area contributed by atoms with Crippen LogP contribution in [-0.4, -0.2) is 77.9 Å². The van der Waals surface area contributed by atoms with Gasteiger partial charge in [-0.05, 0) is 93.8 Å². The Labute approximate surface area is 284 Å². The van der Waals surface area contributed by atoms with Crippen LogP contribution in [0.15, 0.2) is 72.0 Å². The number of piperidine rings is 4. The summed E-state index contributed by atoms with van der Waals surface area (Å²) in [6.45, 7) is 5.04. The van der Waals surface area contributed by atoms with Crippen LogP contribution in [0, 0.1) is 17.8 Å². The van der Waals surface area contributed by atoms with Crippen molar-refractivity contribution in [1.82, 2.24) is 14.4 Å². The van der Waals surface area contributed by atoms with Crippen LogP contribution in [0.1, 0.15) is 67.8 Å². The minimum absolute atomic E-state index is 0.0826. The summed E-state index contributed by atoms with van der Waals surface area (Å²) < 4.78 is 14.6. The number of ether oxygens (including phenoxy) is 2. The Morgan fingerprint density at radius 3 is 2.77 bits per heavy atom. The topological polar surface area (TPSA) is 50.2 Å². The molecule has 0 radical (unpaired) electrons. The highest BCUT2D eigenvalue weighted by molar-refractivity contribution is 5.87.